The van der Waals surface area contributed by atoms with E-state index in [0.717, 1.165) is 16.7 Å². The molecule has 4 aromatic carbocycles. The zero-order valence-corrected chi connectivity index (χ0v) is 23.3. The lowest BCUT2D eigenvalue weighted by Crippen LogP contribution is -2.10. The first kappa shape index (κ1) is 29.7. The van der Waals surface area contributed by atoms with Crippen LogP contribution in [0.3, 0.4) is 0 Å². The Bertz CT molecular complexity index is 1450. The van der Waals surface area contributed by atoms with Crippen LogP contribution < -0.4 is 14.2 Å². The average Bonchev–Trinajstić information content (AvgIpc) is 2.94. The number of carboxylic acid groups (broad SMARTS) is 3. The van der Waals surface area contributed by atoms with E-state index < -0.39 is 37.7 Å². The van der Waals surface area contributed by atoms with Gasteiger partial charge < -0.3 is 29.5 Å². The molecule has 0 aliphatic heterocycles. The molecule has 0 radical (unpaired) electrons. The van der Waals surface area contributed by atoms with Gasteiger partial charge in [0.25, 0.3) is 0 Å². The van der Waals surface area contributed by atoms with E-state index in [2.05, 4.69) is 0 Å². The summed E-state index contributed by atoms with van der Waals surface area (Å²) in [4.78, 5) is 33.9. The molecular weight excluding hydrogens is 540 g/mol. The SMILES string of the molecule is Cc1ccc(OCC(=O)O)c(-c2cc(-c3cc(C)ccc3OCC(=O)O)cc(-c3cc(C)ccc3OCC(=O)O)c2)c1. The van der Waals surface area contributed by atoms with Gasteiger partial charge in [-0.05, 0) is 92.1 Å². The van der Waals surface area contributed by atoms with Crippen LogP contribution in [0.15, 0.2) is 72.8 Å². The maximum atomic E-state index is 11.3. The number of ether oxygens (including phenoxy) is 3. The molecule has 0 saturated heterocycles. The highest BCUT2D eigenvalue weighted by molar-refractivity contribution is 5.87. The molecule has 216 valence electrons. The van der Waals surface area contributed by atoms with Gasteiger partial charge in [-0.15, -0.1) is 0 Å². The summed E-state index contributed by atoms with van der Waals surface area (Å²) in [5.41, 5.74) is 6.72. The van der Waals surface area contributed by atoms with Gasteiger partial charge in [-0.3, -0.25) is 0 Å². The molecule has 9 heteroatoms. The van der Waals surface area contributed by atoms with E-state index in [4.69, 9.17) is 14.2 Å². The largest absolute Gasteiger partial charge is 0.481 e. The van der Waals surface area contributed by atoms with Crippen molar-refractivity contribution in [2.75, 3.05) is 19.8 Å². The van der Waals surface area contributed by atoms with Crippen LogP contribution in [0.1, 0.15) is 16.7 Å². The van der Waals surface area contributed by atoms with E-state index in [1.807, 2.05) is 75.4 Å². The van der Waals surface area contributed by atoms with Crippen LogP contribution in [0.25, 0.3) is 33.4 Å². The highest BCUT2D eigenvalue weighted by Gasteiger charge is 2.18. The van der Waals surface area contributed by atoms with E-state index in [1.165, 1.54) is 0 Å². The average molecular weight is 571 g/mol. The van der Waals surface area contributed by atoms with Gasteiger partial charge in [0.2, 0.25) is 0 Å². The zero-order chi connectivity index (χ0) is 30.4. The quantitative estimate of drug-likeness (QED) is 0.187. The Morgan fingerprint density at radius 2 is 0.738 bits per heavy atom. The number of aryl methyl sites for hydroxylation is 3. The van der Waals surface area contributed by atoms with Gasteiger partial charge in [0, 0.05) is 16.7 Å². The summed E-state index contributed by atoms with van der Waals surface area (Å²) in [5.74, 6) is -2.25. The fourth-order valence-corrected chi connectivity index (χ4v) is 4.50. The first-order valence-electron chi connectivity index (χ1n) is 13.0. The maximum Gasteiger partial charge on any atom is 0.341 e. The number of benzene rings is 4. The predicted octanol–water partition coefficient (Wildman–Crippen LogP) is 6.00. The molecule has 0 unspecified atom stereocenters. The van der Waals surface area contributed by atoms with Gasteiger partial charge in [-0.2, -0.15) is 0 Å². The van der Waals surface area contributed by atoms with Crippen molar-refractivity contribution < 1.29 is 43.9 Å². The third-order valence-electron chi connectivity index (χ3n) is 6.32. The Morgan fingerprint density at radius 3 is 0.976 bits per heavy atom. The number of hydrogen-bond donors (Lipinski definition) is 3. The van der Waals surface area contributed by atoms with Crippen LogP contribution in [0, 0.1) is 20.8 Å². The van der Waals surface area contributed by atoms with Gasteiger partial charge in [0.05, 0.1) is 0 Å². The zero-order valence-electron chi connectivity index (χ0n) is 23.3. The van der Waals surface area contributed by atoms with Gasteiger partial charge in [-0.1, -0.05) is 34.9 Å². The molecule has 0 heterocycles. The number of rotatable bonds is 12. The van der Waals surface area contributed by atoms with Crippen molar-refractivity contribution in [3.8, 4) is 50.6 Å². The van der Waals surface area contributed by atoms with Crippen LogP contribution in [-0.4, -0.2) is 53.0 Å². The minimum atomic E-state index is -1.11. The monoisotopic (exact) mass is 570 g/mol. The summed E-state index contributed by atoms with van der Waals surface area (Å²) in [6, 6.07) is 21.9. The second kappa shape index (κ2) is 12.9. The van der Waals surface area contributed by atoms with E-state index in [0.29, 0.717) is 50.6 Å². The molecule has 0 spiro atoms. The molecule has 42 heavy (non-hydrogen) atoms. The number of carbonyl (C=O) groups is 3. The number of aliphatic carboxylic acids is 3. The molecule has 0 aliphatic carbocycles. The van der Waals surface area contributed by atoms with Gasteiger partial charge in [-0.25, -0.2) is 14.4 Å². The highest BCUT2D eigenvalue weighted by Crippen LogP contribution is 2.42. The van der Waals surface area contributed by atoms with E-state index in [-0.39, 0.29) is 0 Å². The summed E-state index contributed by atoms with van der Waals surface area (Å²) in [7, 11) is 0. The Hall–Kier alpha value is -5.31. The summed E-state index contributed by atoms with van der Waals surface area (Å²) in [6.45, 7) is 4.14. The Morgan fingerprint density at radius 1 is 0.476 bits per heavy atom. The van der Waals surface area contributed by atoms with Crippen molar-refractivity contribution in [1.29, 1.82) is 0 Å². The molecule has 3 N–H and O–H groups in total. The van der Waals surface area contributed by atoms with Crippen LogP contribution in [0.2, 0.25) is 0 Å². The van der Waals surface area contributed by atoms with E-state index >= 15 is 0 Å². The molecule has 0 amide bonds. The molecule has 4 aromatic rings. The van der Waals surface area contributed by atoms with E-state index in [1.54, 1.807) is 18.2 Å². The second-order valence-corrected chi connectivity index (χ2v) is 9.85. The van der Waals surface area contributed by atoms with Crippen molar-refractivity contribution in [3.63, 3.8) is 0 Å². The number of carboxylic acids is 3. The summed E-state index contributed by atoms with van der Waals surface area (Å²) >= 11 is 0. The summed E-state index contributed by atoms with van der Waals surface area (Å²) < 4.78 is 16.9. The third-order valence-corrected chi connectivity index (χ3v) is 6.32. The summed E-state index contributed by atoms with van der Waals surface area (Å²) in [6.07, 6.45) is 0. The molecule has 0 atom stereocenters. The second-order valence-electron chi connectivity index (χ2n) is 9.85. The van der Waals surface area contributed by atoms with Crippen molar-refractivity contribution in [2.24, 2.45) is 0 Å². The normalized spacial score (nSPS) is 10.6. The summed E-state index contributed by atoms with van der Waals surface area (Å²) in [5, 5.41) is 27.7. The lowest BCUT2D eigenvalue weighted by atomic mass is 9.91. The minimum Gasteiger partial charge on any atom is -0.481 e. The van der Waals surface area contributed by atoms with Gasteiger partial charge in [0.15, 0.2) is 19.8 Å². The van der Waals surface area contributed by atoms with Gasteiger partial charge in [0.1, 0.15) is 17.2 Å². The Labute approximate surface area is 242 Å². The third kappa shape index (κ3) is 7.45. The standard InChI is InChI=1S/C33H30O9/c1-19-4-7-28(40-16-31(34)35)25(10-19)22-13-23(26-11-20(2)5-8-29(26)41-17-32(36)37)15-24(14-22)27-12-21(3)6-9-30(27)42-18-33(38)39/h4-15H,16-18H2,1-3H3,(H,34,35)(H,36,37)(H,38,39). The number of hydrogen-bond acceptors (Lipinski definition) is 6. The molecule has 0 aliphatic rings. The smallest absolute Gasteiger partial charge is 0.341 e. The molecule has 0 fully saturated rings. The molecule has 0 saturated carbocycles. The molecule has 0 bridgehead atoms. The lowest BCUT2D eigenvalue weighted by molar-refractivity contribution is -0.140. The molecule has 0 aromatic heterocycles. The predicted molar refractivity (Wildman–Crippen MR) is 156 cm³/mol. The first-order chi connectivity index (χ1) is 20.0. The van der Waals surface area contributed by atoms with Crippen LogP contribution in [0.4, 0.5) is 0 Å². The molecular formula is C33H30O9. The highest BCUT2D eigenvalue weighted by atomic mass is 16.5. The molecule has 4 rings (SSSR count). The fourth-order valence-electron chi connectivity index (χ4n) is 4.50. The molecule has 9 nitrogen and oxygen atoms in total. The van der Waals surface area contributed by atoms with Crippen molar-refractivity contribution in [2.45, 2.75) is 20.8 Å². The van der Waals surface area contributed by atoms with Crippen LogP contribution in [0.5, 0.6) is 17.2 Å². The van der Waals surface area contributed by atoms with Crippen molar-refractivity contribution >= 4 is 17.9 Å². The maximum absolute atomic E-state index is 11.3. The Balaban J connectivity index is 1.99. The van der Waals surface area contributed by atoms with Crippen molar-refractivity contribution in [3.05, 3.63) is 89.5 Å². The Kier molecular flexibility index (Phi) is 9.12. The lowest BCUT2D eigenvalue weighted by Gasteiger charge is -2.18. The van der Waals surface area contributed by atoms with Crippen LogP contribution in [-0.2, 0) is 14.4 Å². The first-order valence-corrected chi connectivity index (χ1v) is 13.0. The topological polar surface area (TPSA) is 140 Å². The van der Waals surface area contributed by atoms with Crippen molar-refractivity contribution in [1.82, 2.24) is 0 Å². The van der Waals surface area contributed by atoms with Gasteiger partial charge >= 0.3 is 17.9 Å². The fraction of sp³-hybridized carbons (Fsp3) is 0.182. The minimum absolute atomic E-state index is 0.365. The van der Waals surface area contributed by atoms with Crippen LogP contribution >= 0.6 is 0 Å². The van der Waals surface area contributed by atoms with E-state index in [9.17, 15) is 29.7 Å².